The number of rotatable bonds is 4. The van der Waals surface area contributed by atoms with Crippen LogP contribution in [-0.4, -0.2) is 54.6 Å². The van der Waals surface area contributed by atoms with Gasteiger partial charge in [-0.1, -0.05) is 17.7 Å². The second-order valence-corrected chi connectivity index (χ2v) is 6.12. The Morgan fingerprint density at radius 3 is 2.76 bits per heavy atom. The van der Waals surface area contributed by atoms with E-state index in [4.69, 9.17) is 11.6 Å². The van der Waals surface area contributed by atoms with Crippen LogP contribution in [0.2, 0.25) is 5.02 Å². The number of hydrogen-bond donors (Lipinski definition) is 1. The number of hydrogen-bond acceptors (Lipinski definition) is 3. The summed E-state index contributed by atoms with van der Waals surface area (Å²) in [5.74, 6) is -0.607. The molecule has 4 nitrogen and oxygen atoms in total. The molecule has 0 aliphatic carbocycles. The third-order valence-electron chi connectivity index (χ3n) is 3.92. The van der Waals surface area contributed by atoms with Gasteiger partial charge in [-0.15, -0.1) is 0 Å². The minimum Gasteiger partial charge on any atom is -0.396 e. The Labute approximate surface area is 129 Å². The van der Waals surface area contributed by atoms with E-state index < -0.39 is 0 Å². The van der Waals surface area contributed by atoms with Gasteiger partial charge in [-0.3, -0.25) is 9.69 Å². The van der Waals surface area contributed by atoms with Gasteiger partial charge in [-0.25, -0.2) is 4.39 Å². The molecule has 1 aliphatic rings. The molecular weight excluding hydrogens is 295 g/mol. The van der Waals surface area contributed by atoms with E-state index in [-0.39, 0.29) is 30.2 Å². The summed E-state index contributed by atoms with van der Waals surface area (Å²) in [4.78, 5) is 15.8. The Balaban J connectivity index is 2.07. The Morgan fingerprint density at radius 2 is 2.19 bits per heavy atom. The number of amides is 1. The normalized spacial score (nSPS) is 22.5. The van der Waals surface area contributed by atoms with Gasteiger partial charge in [0.1, 0.15) is 5.82 Å². The van der Waals surface area contributed by atoms with Crippen LogP contribution in [0.15, 0.2) is 18.2 Å². The number of likely N-dealkylation sites (tertiary alicyclic amines) is 1. The molecular formula is C15H20ClFN2O2. The highest BCUT2D eigenvalue weighted by Crippen LogP contribution is 2.27. The molecule has 0 saturated carbocycles. The second kappa shape index (κ2) is 6.73. The van der Waals surface area contributed by atoms with Crippen molar-refractivity contribution in [3.8, 4) is 0 Å². The van der Waals surface area contributed by atoms with Gasteiger partial charge < -0.3 is 10.0 Å². The Hall–Kier alpha value is -1.17. The molecule has 0 spiro atoms. The van der Waals surface area contributed by atoms with Crippen molar-refractivity contribution in [3.05, 3.63) is 34.6 Å². The molecule has 1 fully saturated rings. The zero-order chi connectivity index (χ0) is 15.6. The highest BCUT2D eigenvalue weighted by Gasteiger charge is 2.37. The summed E-state index contributed by atoms with van der Waals surface area (Å²) < 4.78 is 13.1. The average molecular weight is 315 g/mol. The number of carbonyl (C=O) groups excluding carboxylic acids is 1. The van der Waals surface area contributed by atoms with Crippen molar-refractivity contribution in [3.63, 3.8) is 0 Å². The maximum Gasteiger partial charge on any atom is 0.226 e. The molecule has 2 rings (SSSR count). The third-order valence-corrected chi connectivity index (χ3v) is 4.27. The fraction of sp³-hybridized carbons (Fsp3) is 0.533. The van der Waals surface area contributed by atoms with Crippen LogP contribution in [0.25, 0.3) is 0 Å². The van der Waals surface area contributed by atoms with E-state index in [0.29, 0.717) is 24.7 Å². The summed E-state index contributed by atoms with van der Waals surface area (Å²) >= 11 is 6.04. The van der Waals surface area contributed by atoms with E-state index in [1.54, 1.807) is 25.1 Å². The predicted octanol–water partition coefficient (Wildman–Crippen LogP) is 1.61. The van der Waals surface area contributed by atoms with Crippen LogP contribution in [0.1, 0.15) is 5.56 Å². The zero-order valence-corrected chi connectivity index (χ0v) is 13.0. The lowest BCUT2D eigenvalue weighted by Crippen LogP contribution is -2.35. The molecule has 6 heteroatoms. The van der Waals surface area contributed by atoms with Crippen LogP contribution in [0, 0.1) is 17.7 Å². The SMILES string of the molecule is CN(C)C(=O)[C@@H]1CN(Cc2ccc(F)cc2Cl)C[C@H]1CO. The van der Waals surface area contributed by atoms with Gasteiger partial charge in [0.25, 0.3) is 0 Å². The predicted molar refractivity (Wildman–Crippen MR) is 79.4 cm³/mol. The Morgan fingerprint density at radius 1 is 1.48 bits per heavy atom. The zero-order valence-electron chi connectivity index (χ0n) is 12.2. The molecule has 0 radical (unpaired) electrons. The van der Waals surface area contributed by atoms with Gasteiger partial charge in [0, 0.05) is 51.3 Å². The van der Waals surface area contributed by atoms with E-state index in [1.807, 2.05) is 0 Å². The monoisotopic (exact) mass is 314 g/mol. The smallest absolute Gasteiger partial charge is 0.226 e. The first-order valence-electron chi connectivity index (χ1n) is 6.90. The van der Waals surface area contributed by atoms with Crippen LogP contribution in [0.4, 0.5) is 4.39 Å². The van der Waals surface area contributed by atoms with E-state index in [1.165, 1.54) is 12.1 Å². The molecule has 1 aromatic carbocycles. The largest absolute Gasteiger partial charge is 0.396 e. The first-order chi connectivity index (χ1) is 9.92. The number of aliphatic hydroxyl groups is 1. The minimum atomic E-state index is -0.362. The van der Waals surface area contributed by atoms with Gasteiger partial charge in [0.15, 0.2) is 0 Å². The van der Waals surface area contributed by atoms with Crippen molar-refractivity contribution in [2.75, 3.05) is 33.8 Å². The maximum absolute atomic E-state index is 13.1. The molecule has 1 saturated heterocycles. The molecule has 0 aromatic heterocycles. The van der Waals surface area contributed by atoms with Crippen LogP contribution in [0.5, 0.6) is 0 Å². The number of benzene rings is 1. The van der Waals surface area contributed by atoms with Crippen LogP contribution in [-0.2, 0) is 11.3 Å². The molecule has 116 valence electrons. The minimum absolute atomic E-state index is 0.0160. The summed E-state index contributed by atoms with van der Waals surface area (Å²) in [5.41, 5.74) is 0.827. The Kier molecular flexibility index (Phi) is 5.19. The first-order valence-corrected chi connectivity index (χ1v) is 7.28. The quantitative estimate of drug-likeness (QED) is 0.918. The lowest BCUT2D eigenvalue weighted by Gasteiger charge is -2.20. The van der Waals surface area contributed by atoms with Gasteiger partial charge >= 0.3 is 0 Å². The van der Waals surface area contributed by atoms with Crippen molar-refractivity contribution < 1.29 is 14.3 Å². The van der Waals surface area contributed by atoms with Crippen LogP contribution < -0.4 is 0 Å². The molecule has 21 heavy (non-hydrogen) atoms. The van der Waals surface area contributed by atoms with E-state index in [2.05, 4.69) is 4.90 Å². The highest BCUT2D eigenvalue weighted by molar-refractivity contribution is 6.31. The topological polar surface area (TPSA) is 43.8 Å². The number of halogens is 2. The van der Waals surface area contributed by atoms with Crippen LogP contribution in [0.3, 0.4) is 0 Å². The average Bonchev–Trinajstić information content (AvgIpc) is 2.84. The van der Waals surface area contributed by atoms with E-state index in [9.17, 15) is 14.3 Å². The molecule has 1 amide bonds. The van der Waals surface area contributed by atoms with Gasteiger partial charge in [-0.2, -0.15) is 0 Å². The lowest BCUT2D eigenvalue weighted by atomic mass is 9.96. The summed E-state index contributed by atoms with van der Waals surface area (Å²) in [6.45, 7) is 1.75. The third kappa shape index (κ3) is 3.73. The number of carbonyl (C=O) groups is 1. The number of aliphatic hydroxyl groups excluding tert-OH is 1. The second-order valence-electron chi connectivity index (χ2n) is 5.71. The van der Waals surface area contributed by atoms with Crippen molar-refractivity contribution >= 4 is 17.5 Å². The van der Waals surface area contributed by atoms with Gasteiger partial charge in [0.05, 0.1) is 5.92 Å². The number of nitrogens with zero attached hydrogens (tertiary/aromatic N) is 2. The summed E-state index contributed by atoms with van der Waals surface area (Å²) in [5, 5.41) is 9.86. The summed E-state index contributed by atoms with van der Waals surface area (Å²) in [6.07, 6.45) is 0. The fourth-order valence-corrected chi connectivity index (χ4v) is 3.00. The standard InChI is InChI=1S/C15H20ClFN2O2/c1-18(2)15(21)13-8-19(7-11(13)9-20)6-10-3-4-12(17)5-14(10)16/h3-5,11,13,20H,6-9H2,1-2H3/t11-,13+/m0/s1. The lowest BCUT2D eigenvalue weighted by molar-refractivity contribution is -0.134. The first kappa shape index (κ1) is 16.2. The Bertz CT molecular complexity index is 524. The van der Waals surface area contributed by atoms with E-state index in [0.717, 1.165) is 5.56 Å². The van der Waals surface area contributed by atoms with Crippen molar-refractivity contribution in [2.45, 2.75) is 6.54 Å². The molecule has 1 aliphatic heterocycles. The summed E-state index contributed by atoms with van der Waals surface area (Å²) in [6, 6.07) is 4.33. The summed E-state index contributed by atoms with van der Waals surface area (Å²) in [7, 11) is 3.44. The molecule has 1 N–H and O–H groups in total. The van der Waals surface area contributed by atoms with Crippen molar-refractivity contribution in [2.24, 2.45) is 11.8 Å². The van der Waals surface area contributed by atoms with Crippen molar-refractivity contribution in [1.29, 1.82) is 0 Å². The van der Waals surface area contributed by atoms with Gasteiger partial charge in [-0.05, 0) is 17.7 Å². The molecule has 1 aromatic rings. The molecule has 0 unspecified atom stereocenters. The van der Waals surface area contributed by atoms with Gasteiger partial charge in [0.2, 0.25) is 5.91 Å². The van der Waals surface area contributed by atoms with E-state index >= 15 is 0 Å². The fourth-order valence-electron chi connectivity index (χ4n) is 2.78. The molecule has 1 heterocycles. The molecule has 2 atom stereocenters. The maximum atomic E-state index is 13.1. The van der Waals surface area contributed by atoms with Crippen molar-refractivity contribution in [1.82, 2.24) is 9.80 Å². The molecule has 0 bridgehead atoms. The highest BCUT2D eigenvalue weighted by atomic mass is 35.5. The van der Waals surface area contributed by atoms with Crippen LogP contribution >= 0.6 is 11.6 Å².